The van der Waals surface area contributed by atoms with Crippen molar-refractivity contribution in [3.05, 3.63) is 69.8 Å². The van der Waals surface area contributed by atoms with E-state index >= 15 is 0 Å². The molecule has 0 saturated carbocycles. The van der Waals surface area contributed by atoms with E-state index in [2.05, 4.69) is 111 Å². The zero-order valence-electron chi connectivity index (χ0n) is 24.2. The van der Waals surface area contributed by atoms with Crippen molar-refractivity contribution in [2.75, 3.05) is 52.4 Å². The van der Waals surface area contributed by atoms with Crippen LogP contribution in [0.5, 0.6) is 0 Å². The summed E-state index contributed by atoms with van der Waals surface area (Å²) >= 11 is 0. The predicted molar refractivity (Wildman–Crippen MR) is 160 cm³/mol. The Hall–Kier alpha value is -2.38. The van der Waals surface area contributed by atoms with Crippen LogP contribution in [0.25, 0.3) is 0 Å². The zero-order chi connectivity index (χ0) is 26.9. The van der Waals surface area contributed by atoms with Crippen molar-refractivity contribution in [1.29, 1.82) is 0 Å². The SMILES string of the molecule is CC(C)(C)c1cc2cc(c1)C1NCCN1CCN=Cc1cc(cc(C(C)(C)C)c1)C1NCCN1CCN=C2. The maximum absolute atomic E-state index is 4.92. The van der Waals surface area contributed by atoms with Crippen LogP contribution in [-0.4, -0.2) is 74.6 Å². The van der Waals surface area contributed by atoms with Crippen LogP contribution in [0.1, 0.15) is 87.3 Å². The van der Waals surface area contributed by atoms with Gasteiger partial charge < -0.3 is 0 Å². The molecule has 2 aromatic rings. The number of hydrogen-bond acceptors (Lipinski definition) is 6. The standard InChI is InChI=1S/C32H46N6/c1-31(2,3)27-17-23-15-25(19-27)29-35-9-13-37(29)11-8-34-22-24-16-26(20-28(18-24)32(4,5)6)30-36-10-14-38(30)12-7-33-21-23/h15-22,29-30,35-36H,7-14H2,1-6H3. The average molecular weight is 515 g/mol. The third-order valence-electron chi connectivity index (χ3n) is 8.04. The van der Waals surface area contributed by atoms with Crippen LogP contribution in [-0.2, 0) is 10.8 Å². The molecule has 6 nitrogen and oxygen atoms in total. The van der Waals surface area contributed by atoms with Crippen molar-refractivity contribution in [3.8, 4) is 0 Å². The summed E-state index contributed by atoms with van der Waals surface area (Å²) in [5.41, 5.74) is 7.91. The van der Waals surface area contributed by atoms with E-state index in [-0.39, 0.29) is 23.2 Å². The summed E-state index contributed by atoms with van der Waals surface area (Å²) in [6.45, 7) is 21.3. The number of aliphatic imine (C=N–C) groups is 2. The highest BCUT2D eigenvalue weighted by Gasteiger charge is 2.28. The van der Waals surface area contributed by atoms with Crippen LogP contribution < -0.4 is 10.6 Å². The van der Waals surface area contributed by atoms with E-state index in [0.717, 1.165) is 52.4 Å². The lowest BCUT2D eigenvalue weighted by atomic mass is 9.84. The first-order valence-corrected chi connectivity index (χ1v) is 14.3. The quantitative estimate of drug-likeness (QED) is 0.538. The smallest absolute Gasteiger partial charge is 0.0862 e. The summed E-state index contributed by atoms with van der Waals surface area (Å²) < 4.78 is 0. The van der Waals surface area contributed by atoms with E-state index in [1.165, 1.54) is 33.4 Å². The Kier molecular flexibility index (Phi) is 7.88. The van der Waals surface area contributed by atoms with Crippen LogP contribution in [0.2, 0.25) is 0 Å². The third kappa shape index (κ3) is 6.26. The second-order valence-electron chi connectivity index (χ2n) is 13.1. The molecule has 0 radical (unpaired) electrons. The van der Waals surface area contributed by atoms with E-state index in [1.807, 2.05) is 0 Å². The van der Waals surface area contributed by atoms with Gasteiger partial charge >= 0.3 is 0 Å². The summed E-state index contributed by atoms with van der Waals surface area (Å²) in [6, 6.07) is 14.0. The Balaban J connectivity index is 1.50. The lowest BCUT2D eigenvalue weighted by Gasteiger charge is -2.27. The number of benzene rings is 2. The van der Waals surface area contributed by atoms with Crippen molar-refractivity contribution in [2.24, 2.45) is 9.98 Å². The first kappa shape index (κ1) is 27.2. The second kappa shape index (κ2) is 11.0. The van der Waals surface area contributed by atoms with Gasteiger partial charge in [-0.15, -0.1) is 0 Å². The first-order chi connectivity index (χ1) is 18.1. The van der Waals surface area contributed by atoms with E-state index < -0.39 is 0 Å². The Labute approximate surface area is 229 Å². The number of fused-ring (bicyclic) bond motifs is 8. The number of rotatable bonds is 0. The first-order valence-electron chi connectivity index (χ1n) is 14.3. The minimum absolute atomic E-state index is 0.0798. The van der Waals surface area contributed by atoms with Gasteiger partial charge in [0.15, 0.2) is 0 Å². The normalized spacial score (nSPS) is 23.6. The van der Waals surface area contributed by atoms with Crippen molar-refractivity contribution < 1.29 is 0 Å². The molecule has 2 unspecified atom stereocenters. The van der Waals surface area contributed by atoms with Gasteiger partial charge in [-0.3, -0.25) is 30.4 Å². The largest absolute Gasteiger partial charge is 0.297 e. The molecule has 3 heterocycles. The van der Waals surface area contributed by atoms with Crippen LogP contribution in [0.4, 0.5) is 0 Å². The number of nitrogens with one attached hydrogen (secondary N) is 2. The molecule has 5 rings (SSSR count). The molecule has 3 aliphatic heterocycles. The maximum atomic E-state index is 4.92. The summed E-state index contributed by atoms with van der Waals surface area (Å²) in [4.78, 5) is 14.9. The third-order valence-corrected chi connectivity index (χ3v) is 8.04. The zero-order valence-corrected chi connectivity index (χ0v) is 24.2. The van der Waals surface area contributed by atoms with Gasteiger partial charge in [-0.05, 0) is 68.5 Å². The number of hydrogen-bond donors (Lipinski definition) is 2. The van der Waals surface area contributed by atoms with E-state index in [9.17, 15) is 0 Å². The molecule has 6 heteroatoms. The predicted octanol–water partition coefficient (Wildman–Crippen LogP) is 4.64. The Morgan fingerprint density at radius 3 is 1.42 bits per heavy atom. The Morgan fingerprint density at radius 2 is 1.03 bits per heavy atom. The molecule has 204 valence electrons. The van der Waals surface area contributed by atoms with Crippen LogP contribution in [0.15, 0.2) is 46.4 Å². The molecule has 2 saturated heterocycles. The topological polar surface area (TPSA) is 55.3 Å². The molecule has 0 aliphatic carbocycles. The molecule has 0 amide bonds. The van der Waals surface area contributed by atoms with Gasteiger partial charge in [0.2, 0.25) is 0 Å². The molecule has 0 spiro atoms. The summed E-state index contributed by atoms with van der Waals surface area (Å²) in [5, 5.41) is 7.47. The molecule has 3 aliphatic rings. The van der Waals surface area contributed by atoms with Crippen molar-refractivity contribution in [1.82, 2.24) is 20.4 Å². The highest BCUT2D eigenvalue weighted by Crippen LogP contribution is 2.31. The molecule has 2 atom stereocenters. The van der Waals surface area contributed by atoms with Crippen LogP contribution >= 0.6 is 0 Å². The fraction of sp³-hybridized carbons (Fsp3) is 0.562. The van der Waals surface area contributed by atoms with Gasteiger partial charge in [0.1, 0.15) is 0 Å². The van der Waals surface area contributed by atoms with Gasteiger partial charge in [0.05, 0.1) is 25.4 Å². The maximum Gasteiger partial charge on any atom is 0.0862 e. The summed E-state index contributed by atoms with van der Waals surface area (Å²) in [5.74, 6) is 0. The van der Waals surface area contributed by atoms with Crippen molar-refractivity contribution >= 4 is 12.4 Å². The molecular formula is C32H46N6. The minimum atomic E-state index is 0.0798. The molecular weight excluding hydrogens is 468 g/mol. The lowest BCUT2D eigenvalue weighted by Crippen LogP contribution is -2.30. The van der Waals surface area contributed by atoms with Crippen molar-refractivity contribution in [3.63, 3.8) is 0 Å². The molecule has 38 heavy (non-hydrogen) atoms. The Morgan fingerprint density at radius 1 is 0.605 bits per heavy atom. The van der Waals surface area contributed by atoms with E-state index in [1.54, 1.807) is 0 Å². The molecule has 2 aromatic carbocycles. The van der Waals surface area contributed by atoms with Crippen molar-refractivity contribution in [2.45, 2.75) is 64.7 Å². The van der Waals surface area contributed by atoms with Gasteiger partial charge in [-0.25, -0.2) is 0 Å². The van der Waals surface area contributed by atoms with Crippen LogP contribution in [0.3, 0.4) is 0 Å². The van der Waals surface area contributed by atoms with Gasteiger partial charge in [-0.1, -0.05) is 53.7 Å². The van der Waals surface area contributed by atoms with Crippen LogP contribution in [0, 0.1) is 0 Å². The molecule has 2 N–H and O–H groups in total. The van der Waals surface area contributed by atoms with Gasteiger partial charge in [0.25, 0.3) is 0 Å². The highest BCUT2D eigenvalue weighted by molar-refractivity contribution is 5.81. The lowest BCUT2D eigenvalue weighted by molar-refractivity contribution is 0.251. The second-order valence-corrected chi connectivity index (χ2v) is 13.1. The highest BCUT2D eigenvalue weighted by atomic mass is 15.3. The van der Waals surface area contributed by atoms with Gasteiger partial charge in [-0.2, -0.15) is 0 Å². The van der Waals surface area contributed by atoms with Gasteiger partial charge in [0, 0.05) is 51.7 Å². The fourth-order valence-electron chi connectivity index (χ4n) is 5.74. The summed E-state index contributed by atoms with van der Waals surface area (Å²) in [7, 11) is 0. The van der Waals surface area contributed by atoms with E-state index in [0.29, 0.717) is 0 Å². The minimum Gasteiger partial charge on any atom is -0.297 e. The average Bonchev–Trinajstić information content (AvgIpc) is 3.52. The Bertz CT molecular complexity index is 1090. The number of nitrogens with zero attached hydrogens (tertiary/aromatic N) is 4. The van der Waals surface area contributed by atoms with E-state index in [4.69, 9.17) is 9.98 Å². The monoisotopic (exact) mass is 514 g/mol. The molecule has 4 bridgehead atoms. The molecule has 0 aromatic heterocycles. The fourth-order valence-corrected chi connectivity index (χ4v) is 5.74. The summed E-state index contributed by atoms with van der Waals surface area (Å²) in [6.07, 6.45) is 4.60. The molecule has 2 fully saturated rings.